The number of carbonyl (C=O) groups is 1. The lowest BCUT2D eigenvalue weighted by Gasteiger charge is -2.09. The van der Waals surface area contributed by atoms with Crippen LogP contribution >= 0.6 is 11.3 Å². The first kappa shape index (κ1) is 14.6. The summed E-state index contributed by atoms with van der Waals surface area (Å²) in [4.78, 5) is 12.9. The monoisotopic (exact) mass is 295 g/mol. The molecule has 1 amide bonds. The molecule has 7 nitrogen and oxygen atoms in total. The van der Waals surface area contributed by atoms with Crippen LogP contribution in [0.4, 0.5) is 0 Å². The Kier molecular flexibility index (Phi) is 5.19. The number of tetrazole rings is 1. The van der Waals surface area contributed by atoms with Crippen molar-refractivity contribution in [2.75, 3.05) is 6.54 Å². The van der Waals surface area contributed by atoms with Gasteiger partial charge in [-0.3, -0.25) is 4.79 Å². The van der Waals surface area contributed by atoms with Gasteiger partial charge >= 0.3 is 0 Å². The highest BCUT2D eigenvalue weighted by Gasteiger charge is 2.10. The fourth-order valence-electron chi connectivity index (χ4n) is 1.67. The van der Waals surface area contributed by atoms with Gasteiger partial charge in [-0.15, -0.1) is 10.2 Å². The molecule has 0 fully saturated rings. The van der Waals surface area contributed by atoms with Crippen LogP contribution in [0.15, 0.2) is 16.8 Å². The van der Waals surface area contributed by atoms with Crippen molar-refractivity contribution in [3.05, 3.63) is 16.8 Å². The zero-order valence-corrected chi connectivity index (χ0v) is 12.0. The van der Waals surface area contributed by atoms with Gasteiger partial charge in [0.25, 0.3) is 0 Å². The Hall–Kier alpha value is -1.80. The molecule has 0 aromatic carbocycles. The third-order valence-corrected chi connectivity index (χ3v) is 3.36. The molecule has 2 rings (SSSR count). The van der Waals surface area contributed by atoms with E-state index in [1.54, 1.807) is 11.3 Å². The molecule has 2 heterocycles. The van der Waals surface area contributed by atoms with Gasteiger partial charge in [0, 0.05) is 17.5 Å². The molecular formula is C12H17N5O2S. The Balaban J connectivity index is 1.83. The molecule has 108 valence electrons. The van der Waals surface area contributed by atoms with Crippen LogP contribution in [0, 0.1) is 0 Å². The number of nitrogens with zero attached hydrogens (tertiary/aromatic N) is 4. The topological polar surface area (TPSA) is 92.9 Å². The number of thiophene rings is 1. The van der Waals surface area contributed by atoms with Gasteiger partial charge in [-0.05, 0) is 23.1 Å². The van der Waals surface area contributed by atoms with Crippen LogP contribution in [0.5, 0.6) is 0 Å². The lowest BCUT2D eigenvalue weighted by atomic mass is 10.2. The first-order valence-corrected chi connectivity index (χ1v) is 7.38. The molecule has 0 radical (unpaired) electrons. The zero-order chi connectivity index (χ0) is 14.4. The maximum atomic E-state index is 11.7. The van der Waals surface area contributed by atoms with Crippen molar-refractivity contribution in [3.8, 4) is 11.4 Å². The van der Waals surface area contributed by atoms with Crippen LogP contribution in [-0.2, 0) is 11.3 Å². The Morgan fingerprint density at radius 2 is 2.45 bits per heavy atom. The number of aliphatic hydroxyl groups excluding tert-OH is 1. The van der Waals surface area contributed by atoms with Crippen LogP contribution in [0.3, 0.4) is 0 Å². The third kappa shape index (κ3) is 4.10. The Morgan fingerprint density at radius 1 is 1.60 bits per heavy atom. The first-order valence-electron chi connectivity index (χ1n) is 6.44. The summed E-state index contributed by atoms with van der Waals surface area (Å²) in [6.45, 7) is 2.23. The average molecular weight is 295 g/mol. The summed E-state index contributed by atoms with van der Waals surface area (Å²) >= 11 is 1.55. The maximum absolute atomic E-state index is 11.7. The molecule has 20 heavy (non-hydrogen) atoms. The molecule has 0 saturated carbocycles. The van der Waals surface area contributed by atoms with E-state index in [1.807, 2.05) is 23.8 Å². The molecular weight excluding hydrogens is 278 g/mol. The molecule has 2 aromatic rings. The van der Waals surface area contributed by atoms with Crippen LogP contribution in [0.2, 0.25) is 0 Å². The Bertz CT molecular complexity index is 540. The van der Waals surface area contributed by atoms with E-state index in [0.29, 0.717) is 12.2 Å². The molecule has 2 aromatic heterocycles. The first-order chi connectivity index (χ1) is 9.69. The van der Waals surface area contributed by atoms with Crippen molar-refractivity contribution in [2.45, 2.75) is 32.4 Å². The normalized spacial score (nSPS) is 12.3. The molecule has 0 spiro atoms. The minimum atomic E-state index is -0.506. The summed E-state index contributed by atoms with van der Waals surface area (Å²) in [5.41, 5.74) is 0.889. The number of rotatable bonds is 7. The van der Waals surface area contributed by atoms with Crippen molar-refractivity contribution >= 4 is 17.2 Å². The molecule has 0 aliphatic rings. The van der Waals surface area contributed by atoms with Gasteiger partial charge in [0.1, 0.15) is 6.54 Å². The highest BCUT2D eigenvalue weighted by molar-refractivity contribution is 7.08. The number of carbonyl (C=O) groups excluding carboxylic acids is 1. The van der Waals surface area contributed by atoms with Crippen LogP contribution < -0.4 is 5.32 Å². The zero-order valence-electron chi connectivity index (χ0n) is 11.2. The van der Waals surface area contributed by atoms with Crippen molar-refractivity contribution in [2.24, 2.45) is 0 Å². The molecule has 2 N–H and O–H groups in total. The predicted octanol–water partition coefficient (Wildman–Crippen LogP) is 0.679. The van der Waals surface area contributed by atoms with Crippen molar-refractivity contribution in [3.63, 3.8) is 0 Å². The SMILES string of the molecule is CCCC(O)CNC(=O)Cn1nnc(-c2ccsc2)n1. The second-order valence-electron chi connectivity index (χ2n) is 4.40. The summed E-state index contributed by atoms with van der Waals surface area (Å²) < 4.78 is 0. The fraction of sp³-hybridized carbons (Fsp3) is 0.500. The smallest absolute Gasteiger partial charge is 0.243 e. The van der Waals surface area contributed by atoms with Crippen molar-refractivity contribution < 1.29 is 9.90 Å². The summed E-state index contributed by atoms with van der Waals surface area (Å²) in [6.07, 6.45) is 1.05. The average Bonchev–Trinajstić information content (AvgIpc) is 3.07. The Labute approximate surface area is 120 Å². The quantitative estimate of drug-likeness (QED) is 0.783. The number of hydrogen-bond acceptors (Lipinski definition) is 6. The summed E-state index contributed by atoms with van der Waals surface area (Å²) in [6, 6.07) is 1.90. The molecule has 1 unspecified atom stereocenters. The highest BCUT2D eigenvalue weighted by Crippen LogP contribution is 2.16. The molecule has 8 heteroatoms. The number of nitrogens with one attached hydrogen (secondary N) is 1. The highest BCUT2D eigenvalue weighted by atomic mass is 32.1. The predicted molar refractivity (Wildman–Crippen MR) is 75.1 cm³/mol. The van der Waals surface area contributed by atoms with Gasteiger partial charge in [-0.2, -0.15) is 16.1 Å². The van der Waals surface area contributed by atoms with E-state index in [9.17, 15) is 9.90 Å². The van der Waals surface area contributed by atoms with E-state index in [0.717, 1.165) is 12.0 Å². The molecule has 0 saturated heterocycles. The van der Waals surface area contributed by atoms with Gasteiger partial charge in [-0.1, -0.05) is 13.3 Å². The van der Waals surface area contributed by atoms with E-state index in [-0.39, 0.29) is 19.0 Å². The summed E-state index contributed by atoms with van der Waals surface area (Å²) in [5.74, 6) is 0.263. The number of aromatic nitrogens is 4. The lowest BCUT2D eigenvalue weighted by Crippen LogP contribution is -2.34. The summed E-state index contributed by atoms with van der Waals surface area (Å²) in [5, 5.41) is 27.9. The third-order valence-electron chi connectivity index (χ3n) is 2.67. The van der Waals surface area contributed by atoms with E-state index in [1.165, 1.54) is 4.80 Å². The van der Waals surface area contributed by atoms with Crippen LogP contribution in [0.25, 0.3) is 11.4 Å². The van der Waals surface area contributed by atoms with Gasteiger partial charge in [0.2, 0.25) is 11.7 Å². The minimum Gasteiger partial charge on any atom is -0.391 e. The van der Waals surface area contributed by atoms with E-state index < -0.39 is 6.10 Å². The Morgan fingerprint density at radius 3 is 3.15 bits per heavy atom. The fourth-order valence-corrected chi connectivity index (χ4v) is 2.30. The largest absolute Gasteiger partial charge is 0.391 e. The number of aliphatic hydroxyl groups is 1. The van der Waals surface area contributed by atoms with Gasteiger partial charge in [0.15, 0.2) is 0 Å². The lowest BCUT2D eigenvalue weighted by molar-refractivity contribution is -0.122. The maximum Gasteiger partial charge on any atom is 0.243 e. The second kappa shape index (κ2) is 7.11. The summed E-state index contributed by atoms with van der Waals surface area (Å²) in [7, 11) is 0. The standard InChI is InChI=1S/C12H17N5O2S/c1-2-3-10(18)6-13-11(19)7-17-15-12(14-16-17)9-4-5-20-8-9/h4-5,8,10,18H,2-3,6-7H2,1H3,(H,13,19). The molecule has 1 atom stereocenters. The molecule has 0 aliphatic heterocycles. The van der Waals surface area contributed by atoms with Crippen LogP contribution in [-0.4, -0.2) is 43.9 Å². The van der Waals surface area contributed by atoms with E-state index in [2.05, 4.69) is 20.7 Å². The van der Waals surface area contributed by atoms with E-state index in [4.69, 9.17) is 0 Å². The molecule has 0 aliphatic carbocycles. The number of hydrogen-bond donors (Lipinski definition) is 2. The van der Waals surface area contributed by atoms with Crippen molar-refractivity contribution in [1.82, 2.24) is 25.5 Å². The van der Waals surface area contributed by atoms with Crippen LogP contribution in [0.1, 0.15) is 19.8 Å². The second-order valence-corrected chi connectivity index (χ2v) is 5.18. The minimum absolute atomic E-state index is 0.00399. The number of amides is 1. The van der Waals surface area contributed by atoms with Gasteiger partial charge in [0.05, 0.1) is 6.10 Å². The van der Waals surface area contributed by atoms with Gasteiger partial charge in [-0.25, -0.2) is 0 Å². The van der Waals surface area contributed by atoms with Crippen molar-refractivity contribution in [1.29, 1.82) is 0 Å². The molecule has 0 bridgehead atoms. The van der Waals surface area contributed by atoms with E-state index >= 15 is 0 Å². The van der Waals surface area contributed by atoms with Gasteiger partial charge < -0.3 is 10.4 Å².